The molecule has 0 bridgehead atoms. The van der Waals surface area contributed by atoms with E-state index < -0.39 is 0 Å². The molecule has 1 atom stereocenters. The molecule has 0 saturated heterocycles. The minimum Gasteiger partial charge on any atom is -0.474 e. The van der Waals surface area contributed by atoms with Gasteiger partial charge in [-0.05, 0) is 24.0 Å². The van der Waals surface area contributed by atoms with Gasteiger partial charge >= 0.3 is 0 Å². The Kier molecular flexibility index (Phi) is 3.22. The summed E-state index contributed by atoms with van der Waals surface area (Å²) in [5.74, 6) is 1.22. The van der Waals surface area contributed by atoms with E-state index in [4.69, 9.17) is 4.74 Å². The third-order valence-electron chi connectivity index (χ3n) is 2.90. The molecule has 0 aliphatic carbocycles. The minimum absolute atomic E-state index is 0.280. The Morgan fingerprint density at radius 3 is 2.75 bits per heavy atom. The Balaban J connectivity index is 2.16. The highest BCUT2D eigenvalue weighted by molar-refractivity contribution is 5.93. The molecule has 0 unspecified atom stereocenters. The molecule has 1 aliphatic heterocycles. The summed E-state index contributed by atoms with van der Waals surface area (Å²) in [4.78, 5) is 8.91. The smallest absolute Gasteiger partial charge is 0.235 e. The molecule has 0 amide bonds. The SMILES string of the molecule is CCc1ccc(C2=N[C@H](C(C)C)CO2)nc1. The summed E-state index contributed by atoms with van der Waals surface area (Å²) in [5, 5.41) is 0. The van der Waals surface area contributed by atoms with Crippen molar-refractivity contribution in [2.45, 2.75) is 33.2 Å². The van der Waals surface area contributed by atoms with E-state index >= 15 is 0 Å². The highest BCUT2D eigenvalue weighted by Crippen LogP contribution is 2.16. The van der Waals surface area contributed by atoms with Crippen molar-refractivity contribution >= 4 is 5.90 Å². The number of nitrogens with zero attached hydrogens (tertiary/aromatic N) is 2. The van der Waals surface area contributed by atoms with Crippen LogP contribution in [-0.2, 0) is 11.2 Å². The van der Waals surface area contributed by atoms with E-state index in [1.807, 2.05) is 12.3 Å². The summed E-state index contributed by atoms with van der Waals surface area (Å²) in [5.41, 5.74) is 2.09. The van der Waals surface area contributed by atoms with Crippen LogP contribution >= 0.6 is 0 Å². The van der Waals surface area contributed by atoms with Gasteiger partial charge in [0.2, 0.25) is 5.90 Å². The molecule has 0 fully saturated rings. The third-order valence-corrected chi connectivity index (χ3v) is 2.90. The van der Waals surface area contributed by atoms with Gasteiger partial charge in [0.15, 0.2) is 0 Å². The van der Waals surface area contributed by atoms with Crippen LogP contribution in [0.5, 0.6) is 0 Å². The van der Waals surface area contributed by atoms with Crippen LogP contribution in [0.3, 0.4) is 0 Å². The molecule has 0 N–H and O–H groups in total. The first-order valence-electron chi connectivity index (χ1n) is 5.86. The van der Waals surface area contributed by atoms with Gasteiger partial charge in [-0.3, -0.25) is 4.98 Å². The van der Waals surface area contributed by atoms with E-state index in [0.29, 0.717) is 18.4 Å². The average molecular weight is 218 g/mol. The number of hydrogen-bond acceptors (Lipinski definition) is 3. The Morgan fingerprint density at radius 2 is 2.25 bits per heavy atom. The van der Waals surface area contributed by atoms with Crippen molar-refractivity contribution in [2.24, 2.45) is 10.9 Å². The maximum atomic E-state index is 5.57. The van der Waals surface area contributed by atoms with E-state index in [-0.39, 0.29) is 6.04 Å². The van der Waals surface area contributed by atoms with E-state index in [0.717, 1.165) is 12.1 Å². The maximum absolute atomic E-state index is 5.57. The van der Waals surface area contributed by atoms with Crippen LogP contribution in [0.1, 0.15) is 32.0 Å². The molecular formula is C13H18N2O. The molecule has 0 saturated carbocycles. The number of hydrogen-bond donors (Lipinski definition) is 0. The zero-order chi connectivity index (χ0) is 11.5. The van der Waals surface area contributed by atoms with Crippen LogP contribution in [0.2, 0.25) is 0 Å². The Labute approximate surface area is 96.6 Å². The molecule has 2 heterocycles. The maximum Gasteiger partial charge on any atom is 0.235 e. The predicted molar refractivity (Wildman–Crippen MR) is 64.7 cm³/mol. The second-order valence-electron chi connectivity index (χ2n) is 4.46. The second-order valence-corrected chi connectivity index (χ2v) is 4.46. The third kappa shape index (κ3) is 2.23. The molecule has 2 rings (SSSR count). The number of pyridine rings is 1. The Hall–Kier alpha value is -1.38. The lowest BCUT2D eigenvalue weighted by Crippen LogP contribution is -2.13. The van der Waals surface area contributed by atoms with E-state index in [2.05, 4.69) is 36.8 Å². The van der Waals surface area contributed by atoms with Gasteiger partial charge in [-0.2, -0.15) is 0 Å². The van der Waals surface area contributed by atoms with Gasteiger partial charge < -0.3 is 4.74 Å². The van der Waals surface area contributed by atoms with Gasteiger partial charge in [-0.1, -0.05) is 26.8 Å². The number of aliphatic imine (C=N–C) groups is 1. The van der Waals surface area contributed by atoms with Gasteiger partial charge in [0.25, 0.3) is 0 Å². The first-order chi connectivity index (χ1) is 7.70. The quantitative estimate of drug-likeness (QED) is 0.781. The van der Waals surface area contributed by atoms with Crippen LogP contribution in [-0.4, -0.2) is 23.5 Å². The Morgan fingerprint density at radius 1 is 1.44 bits per heavy atom. The van der Waals surface area contributed by atoms with Gasteiger partial charge in [-0.25, -0.2) is 4.99 Å². The van der Waals surface area contributed by atoms with Crippen LogP contribution in [0.25, 0.3) is 0 Å². The van der Waals surface area contributed by atoms with Crippen molar-refractivity contribution in [3.8, 4) is 0 Å². The molecule has 86 valence electrons. The van der Waals surface area contributed by atoms with Gasteiger partial charge in [-0.15, -0.1) is 0 Å². The van der Waals surface area contributed by atoms with Crippen molar-refractivity contribution in [1.82, 2.24) is 4.98 Å². The molecule has 16 heavy (non-hydrogen) atoms. The topological polar surface area (TPSA) is 34.5 Å². The highest BCUT2D eigenvalue weighted by Gasteiger charge is 2.23. The highest BCUT2D eigenvalue weighted by atomic mass is 16.5. The fraction of sp³-hybridized carbons (Fsp3) is 0.538. The zero-order valence-corrected chi connectivity index (χ0v) is 10.1. The molecular weight excluding hydrogens is 200 g/mol. The summed E-state index contributed by atoms with van der Waals surface area (Å²) < 4.78 is 5.57. The lowest BCUT2D eigenvalue weighted by atomic mass is 10.1. The van der Waals surface area contributed by atoms with Gasteiger partial charge in [0, 0.05) is 6.20 Å². The summed E-state index contributed by atoms with van der Waals surface area (Å²) >= 11 is 0. The monoisotopic (exact) mass is 218 g/mol. The van der Waals surface area contributed by atoms with Crippen LogP contribution in [0, 0.1) is 5.92 Å². The van der Waals surface area contributed by atoms with Crippen molar-refractivity contribution in [1.29, 1.82) is 0 Å². The fourth-order valence-electron chi connectivity index (χ4n) is 1.63. The first-order valence-corrected chi connectivity index (χ1v) is 5.86. The molecule has 0 radical (unpaired) electrons. The van der Waals surface area contributed by atoms with E-state index in [1.54, 1.807) is 0 Å². The van der Waals surface area contributed by atoms with Crippen LogP contribution in [0.15, 0.2) is 23.3 Å². The number of aromatic nitrogens is 1. The standard InChI is InChI=1S/C13H18N2O/c1-4-10-5-6-11(14-7-10)13-15-12(8-16-13)9(2)3/h5-7,9,12H,4,8H2,1-3H3/t12-/m0/s1. The normalized spacial score (nSPS) is 19.8. The number of ether oxygens (including phenoxy) is 1. The fourth-order valence-corrected chi connectivity index (χ4v) is 1.63. The van der Waals surface area contributed by atoms with Crippen LogP contribution in [0.4, 0.5) is 0 Å². The van der Waals surface area contributed by atoms with E-state index in [1.165, 1.54) is 5.56 Å². The lowest BCUT2D eigenvalue weighted by Gasteiger charge is -2.06. The molecule has 3 nitrogen and oxygen atoms in total. The predicted octanol–water partition coefficient (Wildman–Crippen LogP) is 2.45. The summed E-state index contributed by atoms with van der Waals surface area (Å²) in [6.07, 6.45) is 2.90. The Bertz CT molecular complexity index is 381. The van der Waals surface area contributed by atoms with Crippen molar-refractivity contribution < 1.29 is 4.74 Å². The molecule has 0 aromatic carbocycles. The van der Waals surface area contributed by atoms with Crippen molar-refractivity contribution in [3.05, 3.63) is 29.6 Å². The van der Waals surface area contributed by atoms with Crippen molar-refractivity contribution in [2.75, 3.05) is 6.61 Å². The molecule has 1 aromatic heterocycles. The zero-order valence-electron chi connectivity index (χ0n) is 10.1. The lowest BCUT2D eigenvalue weighted by molar-refractivity contribution is 0.291. The molecule has 3 heteroatoms. The molecule has 0 spiro atoms. The van der Waals surface area contributed by atoms with E-state index in [9.17, 15) is 0 Å². The van der Waals surface area contributed by atoms with Gasteiger partial charge in [0.1, 0.15) is 12.3 Å². The molecule has 1 aromatic rings. The molecule has 1 aliphatic rings. The first kappa shape index (κ1) is 11.1. The van der Waals surface area contributed by atoms with Crippen molar-refractivity contribution in [3.63, 3.8) is 0 Å². The largest absolute Gasteiger partial charge is 0.474 e. The summed E-state index contributed by atoms with van der Waals surface area (Å²) in [7, 11) is 0. The number of rotatable bonds is 3. The van der Waals surface area contributed by atoms with Crippen LogP contribution < -0.4 is 0 Å². The summed E-state index contributed by atoms with van der Waals surface area (Å²) in [6.45, 7) is 7.13. The minimum atomic E-state index is 0.280. The van der Waals surface area contributed by atoms with Gasteiger partial charge in [0.05, 0.1) is 6.04 Å². The summed E-state index contributed by atoms with van der Waals surface area (Å²) in [6, 6.07) is 4.35. The second kappa shape index (κ2) is 4.64. The average Bonchev–Trinajstić information content (AvgIpc) is 2.78. The number of aryl methyl sites for hydroxylation is 1.